The van der Waals surface area contributed by atoms with Crippen molar-refractivity contribution in [1.82, 2.24) is 0 Å². The summed E-state index contributed by atoms with van der Waals surface area (Å²) in [5, 5.41) is 0. The third-order valence-electron chi connectivity index (χ3n) is 6.99. The van der Waals surface area contributed by atoms with Gasteiger partial charge in [-0.15, -0.1) is 0 Å². The number of rotatable bonds is 15. The van der Waals surface area contributed by atoms with Gasteiger partial charge in [0.05, 0.1) is 12.2 Å². The molecule has 44 heavy (non-hydrogen) atoms. The monoisotopic (exact) mass is 599 g/mol. The summed E-state index contributed by atoms with van der Waals surface area (Å²) in [6.07, 6.45) is 7.57. The van der Waals surface area contributed by atoms with Crippen LogP contribution in [-0.2, 0) is 16.0 Å². The number of hydrogen-bond donors (Lipinski definition) is 0. The maximum Gasteiger partial charge on any atom is 0.347 e. The number of benzene rings is 2. The summed E-state index contributed by atoms with van der Waals surface area (Å²) in [5.74, 6) is 0.522. The first-order valence-electron chi connectivity index (χ1n) is 14.7. The standard InChI is InChI=1S/C36H43N2O6/c1-8-10-24-42-34-14-12-11-13-32(34)36(40)44-33(9-2)27(4)26(3)28(5)43-35(39)29-15-17-31(18-16-29)41-25-23-38-21-19-30(20-22-38)37(6)7/h9,11-22H,5,8,10,23-25H2,1-4,6-7H3/q+1/b27-26-,33-9+. The Labute approximate surface area is 260 Å². The number of carbonyl (C=O) groups excluding carboxylic acids is 2. The van der Waals surface area contributed by atoms with Crippen LogP contribution in [0.1, 0.15) is 61.3 Å². The van der Waals surface area contributed by atoms with Crippen molar-refractivity contribution in [3.63, 3.8) is 0 Å². The van der Waals surface area contributed by atoms with Gasteiger partial charge >= 0.3 is 11.9 Å². The van der Waals surface area contributed by atoms with Gasteiger partial charge in [-0.3, -0.25) is 0 Å². The van der Waals surface area contributed by atoms with Gasteiger partial charge in [-0.2, -0.15) is 0 Å². The number of allylic oxidation sites excluding steroid dienone is 3. The number of ether oxygens (including phenoxy) is 4. The zero-order chi connectivity index (χ0) is 32.1. The molecule has 232 valence electrons. The fraction of sp³-hybridized carbons (Fsp3) is 0.306. The Morgan fingerprint density at radius 2 is 1.55 bits per heavy atom. The Morgan fingerprint density at radius 1 is 0.864 bits per heavy atom. The molecule has 8 heteroatoms. The zero-order valence-corrected chi connectivity index (χ0v) is 26.6. The van der Waals surface area contributed by atoms with Gasteiger partial charge < -0.3 is 23.8 Å². The predicted octanol–water partition coefficient (Wildman–Crippen LogP) is 7.07. The van der Waals surface area contributed by atoms with Crippen LogP contribution in [0.25, 0.3) is 0 Å². The molecule has 0 saturated heterocycles. The molecule has 8 nitrogen and oxygen atoms in total. The highest BCUT2D eigenvalue weighted by Crippen LogP contribution is 2.26. The summed E-state index contributed by atoms with van der Waals surface area (Å²) in [7, 11) is 4.01. The fourth-order valence-corrected chi connectivity index (χ4v) is 4.09. The van der Waals surface area contributed by atoms with Crippen LogP contribution in [0.5, 0.6) is 11.5 Å². The van der Waals surface area contributed by atoms with E-state index in [1.807, 2.05) is 54.2 Å². The second kappa shape index (κ2) is 16.7. The Hall–Kier alpha value is -4.85. The Balaban J connectivity index is 1.56. The number of esters is 2. The van der Waals surface area contributed by atoms with Crippen molar-refractivity contribution >= 4 is 17.6 Å². The molecule has 0 bridgehead atoms. The highest BCUT2D eigenvalue weighted by molar-refractivity contribution is 5.93. The lowest BCUT2D eigenvalue weighted by Crippen LogP contribution is -2.35. The summed E-state index contributed by atoms with van der Waals surface area (Å²) in [6, 6.07) is 17.8. The Kier molecular flexibility index (Phi) is 12.8. The maximum absolute atomic E-state index is 13.0. The van der Waals surface area contributed by atoms with E-state index in [4.69, 9.17) is 18.9 Å². The Morgan fingerprint density at radius 3 is 2.18 bits per heavy atom. The van der Waals surface area contributed by atoms with E-state index in [0.29, 0.717) is 59.3 Å². The van der Waals surface area contributed by atoms with E-state index in [9.17, 15) is 9.59 Å². The minimum Gasteiger partial charge on any atom is -0.493 e. The third kappa shape index (κ3) is 9.59. The minimum absolute atomic E-state index is 0.156. The van der Waals surface area contributed by atoms with E-state index in [2.05, 4.69) is 13.5 Å². The van der Waals surface area contributed by atoms with Gasteiger partial charge in [0.2, 0.25) is 0 Å². The first-order valence-corrected chi connectivity index (χ1v) is 14.7. The molecule has 0 unspecified atom stereocenters. The minimum atomic E-state index is -0.553. The largest absolute Gasteiger partial charge is 0.493 e. The summed E-state index contributed by atoms with van der Waals surface area (Å²) in [5.41, 5.74) is 3.01. The second-order valence-corrected chi connectivity index (χ2v) is 10.4. The smallest absolute Gasteiger partial charge is 0.347 e. The first-order chi connectivity index (χ1) is 21.1. The van der Waals surface area contributed by atoms with Crippen molar-refractivity contribution in [2.75, 3.05) is 32.2 Å². The molecule has 0 atom stereocenters. The van der Waals surface area contributed by atoms with Gasteiger partial charge in [-0.05, 0) is 80.8 Å². The number of aromatic nitrogens is 1. The van der Waals surface area contributed by atoms with E-state index < -0.39 is 11.9 Å². The number of pyridine rings is 1. The molecule has 0 aliphatic heterocycles. The average molecular weight is 600 g/mol. The molecule has 1 heterocycles. The highest BCUT2D eigenvalue weighted by Gasteiger charge is 2.19. The summed E-state index contributed by atoms with van der Waals surface area (Å²) < 4.78 is 25.0. The molecule has 0 aliphatic carbocycles. The molecule has 0 radical (unpaired) electrons. The van der Waals surface area contributed by atoms with Gasteiger partial charge in [0.15, 0.2) is 18.9 Å². The zero-order valence-electron chi connectivity index (χ0n) is 26.6. The van der Waals surface area contributed by atoms with Crippen LogP contribution in [0.2, 0.25) is 0 Å². The van der Waals surface area contributed by atoms with Crippen LogP contribution in [0.15, 0.2) is 108 Å². The average Bonchev–Trinajstić information content (AvgIpc) is 3.03. The number of carbonyl (C=O) groups is 2. The van der Waals surface area contributed by atoms with Crippen LogP contribution >= 0.6 is 0 Å². The van der Waals surface area contributed by atoms with Crippen molar-refractivity contribution in [3.8, 4) is 11.5 Å². The van der Waals surface area contributed by atoms with Crippen molar-refractivity contribution in [2.24, 2.45) is 0 Å². The van der Waals surface area contributed by atoms with Gasteiger partial charge in [0.1, 0.15) is 35.2 Å². The quantitative estimate of drug-likeness (QED) is 0.0608. The lowest BCUT2D eigenvalue weighted by atomic mass is 10.1. The normalized spacial score (nSPS) is 11.7. The van der Waals surface area contributed by atoms with Crippen LogP contribution in [-0.4, -0.2) is 39.2 Å². The number of anilines is 1. The van der Waals surface area contributed by atoms with E-state index in [1.165, 1.54) is 0 Å². The Bertz CT molecular complexity index is 1490. The molecule has 3 aromatic rings. The first kappa shape index (κ1) is 33.6. The second-order valence-electron chi connectivity index (χ2n) is 10.4. The molecule has 0 amide bonds. The SMILES string of the molecule is C=C(OC(=O)c1ccc(OCC[n+]2ccc(N(C)C)cc2)cc1)/C(C)=C(C)\C(=C/C)OC(=O)c1ccccc1OCCCC. The summed E-state index contributed by atoms with van der Waals surface area (Å²) in [6.45, 7) is 13.0. The van der Waals surface area contributed by atoms with E-state index in [-0.39, 0.29) is 5.76 Å². The van der Waals surface area contributed by atoms with Crippen LogP contribution < -0.4 is 18.9 Å². The summed E-state index contributed by atoms with van der Waals surface area (Å²) in [4.78, 5) is 27.9. The molecule has 3 rings (SSSR count). The van der Waals surface area contributed by atoms with Crippen molar-refractivity contribution in [3.05, 3.63) is 120 Å². The molecule has 0 aliphatic rings. The van der Waals surface area contributed by atoms with Crippen LogP contribution in [0.3, 0.4) is 0 Å². The van der Waals surface area contributed by atoms with Crippen molar-refractivity contribution < 1.29 is 33.1 Å². The van der Waals surface area contributed by atoms with Crippen molar-refractivity contribution in [1.29, 1.82) is 0 Å². The number of unbranched alkanes of at least 4 members (excludes halogenated alkanes) is 1. The van der Waals surface area contributed by atoms with Gasteiger partial charge in [-0.25, -0.2) is 14.2 Å². The molecular weight excluding hydrogens is 556 g/mol. The maximum atomic E-state index is 13.0. The van der Waals surface area contributed by atoms with E-state index in [0.717, 1.165) is 18.5 Å². The van der Waals surface area contributed by atoms with Crippen LogP contribution in [0.4, 0.5) is 5.69 Å². The number of hydrogen-bond acceptors (Lipinski definition) is 7. The third-order valence-corrected chi connectivity index (χ3v) is 6.99. The molecule has 1 aromatic heterocycles. The lowest BCUT2D eigenvalue weighted by molar-refractivity contribution is -0.697. The molecule has 0 N–H and O–H groups in total. The summed E-state index contributed by atoms with van der Waals surface area (Å²) >= 11 is 0. The molecular formula is C36H43N2O6+. The number of nitrogens with zero attached hydrogens (tertiary/aromatic N) is 2. The molecule has 0 saturated carbocycles. The lowest BCUT2D eigenvalue weighted by Gasteiger charge is -2.15. The molecule has 0 fully saturated rings. The van der Waals surface area contributed by atoms with Crippen LogP contribution in [0, 0.1) is 0 Å². The predicted molar refractivity (Wildman–Crippen MR) is 172 cm³/mol. The van der Waals surface area contributed by atoms with E-state index >= 15 is 0 Å². The number of para-hydroxylation sites is 1. The highest BCUT2D eigenvalue weighted by atomic mass is 16.5. The topological polar surface area (TPSA) is 78.2 Å². The van der Waals surface area contributed by atoms with Gasteiger partial charge in [-0.1, -0.05) is 32.1 Å². The molecule has 0 spiro atoms. The van der Waals surface area contributed by atoms with Gasteiger partial charge in [0, 0.05) is 31.9 Å². The van der Waals surface area contributed by atoms with Crippen molar-refractivity contribution in [2.45, 2.75) is 47.1 Å². The molecule has 2 aromatic carbocycles. The van der Waals surface area contributed by atoms with E-state index in [1.54, 1.807) is 69.3 Å². The van der Waals surface area contributed by atoms with Gasteiger partial charge in [0.25, 0.3) is 0 Å². The fourth-order valence-electron chi connectivity index (χ4n) is 4.09.